The second-order valence-electron chi connectivity index (χ2n) is 14.8. The van der Waals surface area contributed by atoms with Gasteiger partial charge in [-0.05, 0) is 99.1 Å². The van der Waals surface area contributed by atoms with Gasteiger partial charge in [0.2, 0.25) is 5.69 Å². The summed E-state index contributed by atoms with van der Waals surface area (Å²) in [6, 6.07) is 10.2. The van der Waals surface area contributed by atoms with E-state index in [0.29, 0.717) is 36.4 Å². The fourth-order valence-corrected chi connectivity index (χ4v) is 9.52. The lowest BCUT2D eigenvalue weighted by molar-refractivity contribution is -0.438. The Morgan fingerprint density at radius 1 is 0.818 bits per heavy atom. The zero-order chi connectivity index (χ0) is 40.4. The van der Waals surface area contributed by atoms with Gasteiger partial charge in [0.1, 0.15) is 6.54 Å². The smallest absolute Gasteiger partial charge is 0.294 e. The van der Waals surface area contributed by atoms with Gasteiger partial charge in [-0.25, -0.2) is 5.26 Å². The summed E-state index contributed by atoms with van der Waals surface area (Å²) in [5, 5.41) is 12.4. The Hall–Kier alpha value is -3.17. The number of rotatable bonds is 17. The molecular formula is C37H47N2O12S4+. The fourth-order valence-electron chi connectivity index (χ4n) is 7.47. The molecule has 0 atom stereocenters. The number of hydrogen-bond acceptors (Lipinski definition) is 11. The molecule has 0 saturated heterocycles. The van der Waals surface area contributed by atoms with Gasteiger partial charge in [-0.1, -0.05) is 37.1 Å². The Bertz CT molecular complexity index is 2310. The monoisotopic (exact) mass is 839 g/mol. The van der Waals surface area contributed by atoms with E-state index in [1.165, 1.54) is 12.1 Å². The molecule has 0 aromatic heterocycles. The van der Waals surface area contributed by atoms with Crippen LogP contribution in [0.25, 0.3) is 0 Å². The van der Waals surface area contributed by atoms with Crippen molar-refractivity contribution < 1.29 is 58.1 Å². The van der Waals surface area contributed by atoms with Gasteiger partial charge in [0.15, 0.2) is 5.71 Å². The maximum Gasteiger partial charge on any atom is 0.294 e. The first-order chi connectivity index (χ1) is 25.6. The van der Waals surface area contributed by atoms with E-state index >= 15 is 0 Å². The second-order valence-corrected chi connectivity index (χ2v) is 20.2. The van der Waals surface area contributed by atoms with E-state index in [2.05, 4.69) is 46.0 Å². The van der Waals surface area contributed by atoms with Crippen LogP contribution in [0.4, 0.5) is 11.4 Å². The van der Waals surface area contributed by atoms with Gasteiger partial charge < -0.3 is 4.90 Å². The van der Waals surface area contributed by atoms with Crippen LogP contribution in [0, 0.1) is 0 Å². The average molecular weight is 840 g/mol. The molecule has 300 valence electrons. The molecule has 3 aliphatic rings. The number of unbranched alkanes of at least 4 members (excludes halogenated alkanes) is 2. The third-order valence-corrected chi connectivity index (χ3v) is 13.3. The minimum Gasteiger partial charge on any atom is -0.344 e. The van der Waals surface area contributed by atoms with Crippen molar-refractivity contribution in [1.82, 2.24) is 0 Å². The highest BCUT2D eigenvalue weighted by molar-refractivity contribution is 7.94. The van der Waals surface area contributed by atoms with Gasteiger partial charge in [0.25, 0.3) is 30.4 Å². The van der Waals surface area contributed by atoms with E-state index < -0.39 is 41.2 Å². The lowest BCUT2D eigenvalue weighted by Crippen LogP contribution is -2.28. The molecule has 0 fully saturated rings. The van der Waals surface area contributed by atoms with Crippen LogP contribution in [0.1, 0.15) is 77.3 Å². The van der Waals surface area contributed by atoms with Gasteiger partial charge in [-0.2, -0.15) is 29.8 Å². The molecule has 0 radical (unpaired) electrons. The van der Waals surface area contributed by atoms with Crippen molar-refractivity contribution in [1.29, 1.82) is 0 Å². The average Bonchev–Trinajstić information content (AvgIpc) is 3.69. The lowest BCUT2D eigenvalue weighted by atomic mass is 9.81. The zero-order valence-corrected chi connectivity index (χ0v) is 34.3. The highest BCUT2D eigenvalue weighted by atomic mass is 32.2. The minimum absolute atomic E-state index is 0.215. The third kappa shape index (κ3) is 10.4. The molecule has 1 aliphatic carbocycles. The summed E-state index contributed by atoms with van der Waals surface area (Å²) >= 11 is 0.864. The number of benzene rings is 2. The van der Waals surface area contributed by atoms with E-state index in [4.69, 9.17) is 5.26 Å². The lowest BCUT2D eigenvalue weighted by Gasteiger charge is -2.27. The SMILES string of the molecule is CC1(C)C(C=CC2=CC(=C/C=C3/N(CCCCS(=O)(=O)O)c4ccc(S(=O)(=O)O)cc4C3(C)C)CC2)=[N+](CCCCS(=O)(=O)O)c2ccc(SOOO)cc21. The topological polar surface area (TPSA) is 208 Å². The molecule has 0 amide bonds. The first kappa shape index (κ1) is 43.0. The quantitative estimate of drug-likeness (QED) is 0.0317. The van der Waals surface area contributed by atoms with E-state index in [9.17, 15) is 38.9 Å². The third-order valence-electron chi connectivity index (χ3n) is 10.2. The number of nitrogens with zero attached hydrogens (tertiary/aromatic N) is 2. The number of fused-ring (bicyclic) bond motifs is 2. The van der Waals surface area contributed by atoms with E-state index in [-0.39, 0.29) is 29.2 Å². The molecule has 5 rings (SSSR count). The largest absolute Gasteiger partial charge is 0.344 e. The standard InChI is InChI=1S/C37H46N2O12S4/c1-36(2)30-24-28(52-51-50-40)13-15-32(30)38(19-5-7-21-53(41,42)43)34(36)17-11-26-9-10-27(23-26)12-18-35-37(3,4)31-25-29(55(47,48)49)14-16-33(31)39(35)20-6-8-22-54(44,45)46/h11-18,23-25H,5-10,19-22H2,1-4H3,(H3-,40,41,42,43,44,45,46,47,48,49)/p+1. The first-order valence-electron chi connectivity index (χ1n) is 17.7. The summed E-state index contributed by atoms with van der Waals surface area (Å²) < 4.78 is 104. The summed E-state index contributed by atoms with van der Waals surface area (Å²) in [7, 11) is -12.6. The van der Waals surface area contributed by atoms with Gasteiger partial charge in [0, 0.05) is 52.4 Å². The molecule has 4 N–H and O–H groups in total. The van der Waals surface area contributed by atoms with Gasteiger partial charge in [-0.3, -0.25) is 13.7 Å². The molecule has 18 heteroatoms. The molecule has 2 heterocycles. The predicted octanol–water partition coefficient (Wildman–Crippen LogP) is 6.96. The summed E-state index contributed by atoms with van der Waals surface area (Å²) in [6.45, 7) is 9.05. The van der Waals surface area contributed by atoms with Crippen molar-refractivity contribution in [3.63, 3.8) is 0 Å². The number of allylic oxidation sites excluding steroid dienone is 8. The zero-order valence-electron chi connectivity index (χ0n) is 31.0. The van der Waals surface area contributed by atoms with Gasteiger partial charge in [-0.15, -0.1) is 4.33 Å². The molecule has 2 aliphatic heterocycles. The van der Waals surface area contributed by atoms with E-state index in [1.54, 1.807) is 6.07 Å². The molecule has 0 saturated carbocycles. The summed E-state index contributed by atoms with van der Waals surface area (Å²) in [5.41, 5.74) is 6.30. The Balaban J connectivity index is 1.44. The van der Waals surface area contributed by atoms with Crippen molar-refractivity contribution in [2.24, 2.45) is 0 Å². The Morgan fingerprint density at radius 3 is 2.16 bits per heavy atom. The number of anilines is 1. The Labute approximate surface area is 327 Å². The number of hydrogen-bond donors (Lipinski definition) is 4. The van der Waals surface area contributed by atoms with Crippen LogP contribution >= 0.6 is 12.0 Å². The Kier molecular flexibility index (Phi) is 13.1. The summed E-state index contributed by atoms with van der Waals surface area (Å²) in [6.07, 6.45) is 13.3. The van der Waals surface area contributed by atoms with Crippen LogP contribution in [0.2, 0.25) is 0 Å². The van der Waals surface area contributed by atoms with Crippen molar-refractivity contribution in [3.8, 4) is 0 Å². The Morgan fingerprint density at radius 2 is 1.51 bits per heavy atom. The van der Waals surface area contributed by atoms with Crippen LogP contribution in [0.5, 0.6) is 0 Å². The van der Waals surface area contributed by atoms with Crippen LogP contribution in [-0.2, 0) is 50.6 Å². The van der Waals surface area contributed by atoms with E-state index in [0.717, 1.165) is 64.4 Å². The van der Waals surface area contributed by atoms with Gasteiger partial charge >= 0.3 is 0 Å². The molecule has 0 unspecified atom stereocenters. The summed E-state index contributed by atoms with van der Waals surface area (Å²) in [5.74, 6) is -0.693. The van der Waals surface area contributed by atoms with Crippen molar-refractivity contribution in [3.05, 3.63) is 94.7 Å². The highest BCUT2D eigenvalue weighted by Crippen LogP contribution is 2.49. The maximum absolute atomic E-state index is 12.0. The van der Waals surface area contributed by atoms with Crippen LogP contribution in [0.15, 0.2) is 93.4 Å². The highest BCUT2D eigenvalue weighted by Gasteiger charge is 2.44. The normalized spacial score (nSPS) is 19.6. The van der Waals surface area contributed by atoms with Crippen LogP contribution in [0.3, 0.4) is 0 Å². The van der Waals surface area contributed by atoms with E-state index in [1.807, 2.05) is 49.1 Å². The van der Waals surface area contributed by atoms with Crippen molar-refractivity contribution in [2.45, 2.75) is 86.8 Å². The second kappa shape index (κ2) is 16.7. The van der Waals surface area contributed by atoms with Crippen molar-refractivity contribution in [2.75, 3.05) is 29.5 Å². The molecule has 55 heavy (non-hydrogen) atoms. The van der Waals surface area contributed by atoms with Crippen LogP contribution in [-0.4, -0.2) is 79.1 Å². The molecule has 2 aromatic rings. The molecular weight excluding hydrogens is 793 g/mol. The molecule has 0 bridgehead atoms. The molecule has 2 aromatic carbocycles. The van der Waals surface area contributed by atoms with Crippen molar-refractivity contribution >= 4 is 59.5 Å². The maximum atomic E-state index is 12.0. The fraction of sp³-hybridized carbons (Fsp3) is 0.432. The molecule has 14 nitrogen and oxygen atoms in total. The molecule has 0 spiro atoms. The predicted molar refractivity (Wildman–Crippen MR) is 210 cm³/mol. The van der Waals surface area contributed by atoms with Crippen LogP contribution < -0.4 is 4.90 Å². The van der Waals surface area contributed by atoms with Gasteiger partial charge in [0.05, 0.1) is 33.9 Å². The minimum atomic E-state index is -4.45. The summed E-state index contributed by atoms with van der Waals surface area (Å²) in [4.78, 5) is 2.52. The first-order valence-corrected chi connectivity index (χ1v) is 23.1.